The van der Waals surface area contributed by atoms with E-state index in [0.29, 0.717) is 30.9 Å². The third-order valence-corrected chi connectivity index (χ3v) is 8.04. The number of fused-ring (bicyclic) bond motifs is 2. The Hall–Kier alpha value is -4.29. The number of hydrogen-bond donors (Lipinski definition) is 1. The highest BCUT2D eigenvalue weighted by Gasteiger charge is 2.39. The van der Waals surface area contributed by atoms with Gasteiger partial charge in [-0.25, -0.2) is 8.78 Å². The average molecular weight is 593 g/mol. The minimum atomic E-state index is -5.07. The number of aromatic nitrogens is 2. The largest absolute Gasteiger partial charge is 0.467 e. The molecule has 3 heterocycles. The minimum absolute atomic E-state index is 0.00579. The van der Waals surface area contributed by atoms with Crippen LogP contribution in [0.15, 0.2) is 18.2 Å². The Labute approximate surface area is 233 Å². The van der Waals surface area contributed by atoms with Crippen LogP contribution in [-0.2, 0) is 15.7 Å². The summed E-state index contributed by atoms with van der Waals surface area (Å²) in [6.45, 7) is 1.27. The number of nitrogen functional groups attached to an aromatic ring is 1. The van der Waals surface area contributed by atoms with Crippen LogP contribution in [-0.4, -0.2) is 67.8 Å². The Morgan fingerprint density at radius 2 is 2.02 bits per heavy atom. The number of carbonyl (C=O) groups excluding carboxylic acids is 1. The molecule has 4 aromatic rings. The summed E-state index contributed by atoms with van der Waals surface area (Å²) in [5.41, 5.74) is 2.51. The van der Waals surface area contributed by atoms with Gasteiger partial charge in [-0.3, -0.25) is 9.69 Å². The molecular formula is C26H21F5N6O3S. The molecule has 1 fully saturated rings. The molecule has 0 amide bonds. The lowest BCUT2D eigenvalue weighted by molar-refractivity contribution is -0.137. The number of nitrogens with two attached hydrogens (primary N) is 1. The molecule has 0 bridgehead atoms. The molecule has 2 aromatic heterocycles. The van der Waals surface area contributed by atoms with Crippen LogP contribution in [0.4, 0.5) is 32.8 Å². The second-order valence-corrected chi connectivity index (χ2v) is 10.4. The highest BCUT2D eigenvalue weighted by atomic mass is 32.1. The van der Waals surface area contributed by atoms with Crippen LogP contribution >= 0.6 is 11.3 Å². The van der Waals surface area contributed by atoms with E-state index >= 15 is 4.39 Å². The van der Waals surface area contributed by atoms with Gasteiger partial charge in [-0.2, -0.15) is 28.4 Å². The number of halogens is 5. The molecule has 0 spiro atoms. The highest BCUT2D eigenvalue weighted by Crippen LogP contribution is 2.48. The van der Waals surface area contributed by atoms with Gasteiger partial charge in [0.15, 0.2) is 5.82 Å². The summed E-state index contributed by atoms with van der Waals surface area (Å²) in [7, 11) is 3.04. The van der Waals surface area contributed by atoms with Crippen LogP contribution in [0.1, 0.15) is 11.1 Å². The lowest BCUT2D eigenvalue weighted by Gasteiger charge is -2.39. The van der Waals surface area contributed by atoms with E-state index in [1.165, 1.54) is 7.11 Å². The topological polar surface area (TPSA) is 118 Å². The molecule has 0 aliphatic carbocycles. The van der Waals surface area contributed by atoms with E-state index in [4.69, 9.17) is 15.2 Å². The second-order valence-electron chi connectivity index (χ2n) is 9.30. The number of nitriles is 1. The number of ether oxygens (including phenoxy) is 2. The van der Waals surface area contributed by atoms with E-state index in [1.54, 1.807) is 18.0 Å². The van der Waals surface area contributed by atoms with Gasteiger partial charge in [-0.05, 0) is 24.7 Å². The number of methoxy groups -OCH3 is 1. The SMILES string of the molecule is COc1nc(N2CCN(C)C(COC=O)C2)c2cc(C(F)(F)F)c(-c3ccc(F)c4sc(N)c(C#N)c34)c(F)c2n1. The van der Waals surface area contributed by atoms with Gasteiger partial charge in [0.2, 0.25) is 0 Å². The number of carbonyl (C=O) groups is 1. The fourth-order valence-electron chi connectivity index (χ4n) is 4.99. The molecule has 9 nitrogen and oxygen atoms in total. The summed E-state index contributed by atoms with van der Waals surface area (Å²) in [6.07, 6.45) is -5.07. The van der Waals surface area contributed by atoms with Gasteiger partial charge in [-0.15, -0.1) is 11.3 Å². The highest BCUT2D eigenvalue weighted by molar-refractivity contribution is 7.23. The zero-order valence-corrected chi connectivity index (χ0v) is 22.4. The lowest BCUT2D eigenvalue weighted by atomic mass is 9.92. The minimum Gasteiger partial charge on any atom is -0.467 e. The predicted octanol–water partition coefficient (Wildman–Crippen LogP) is 4.56. The van der Waals surface area contributed by atoms with Gasteiger partial charge in [0.05, 0.1) is 29.0 Å². The first kappa shape index (κ1) is 28.2. The van der Waals surface area contributed by atoms with Crippen molar-refractivity contribution in [2.75, 3.05) is 51.0 Å². The molecule has 214 valence electrons. The van der Waals surface area contributed by atoms with Crippen LogP contribution in [0.3, 0.4) is 0 Å². The van der Waals surface area contributed by atoms with Gasteiger partial charge in [0, 0.05) is 36.0 Å². The Bertz CT molecular complexity index is 1720. The van der Waals surface area contributed by atoms with E-state index < -0.39 is 34.5 Å². The fourth-order valence-corrected chi connectivity index (χ4v) is 5.94. The van der Waals surface area contributed by atoms with Gasteiger partial charge in [0.25, 0.3) is 6.47 Å². The first-order valence-electron chi connectivity index (χ1n) is 12.1. The summed E-state index contributed by atoms with van der Waals surface area (Å²) in [5, 5.41) is 9.07. The number of alkyl halides is 3. The average Bonchev–Trinajstić information content (AvgIpc) is 3.29. The maximum atomic E-state index is 16.4. The number of piperazine rings is 1. The summed E-state index contributed by atoms with van der Waals surface area (Å²) in [5.74, 6) is -2.17. The van der Waals surface area contributed by atoms with Crippen LogP contribution < -0.4 is 15.4 Å². The molecule has 2 N–H and O–H groups in total. The van der Waals surface area contributed by atoms with Crippen molar-refractivity contribution >= 4 is 49.6 Å². The number of likely N-dealkylation sites (N-methyl/N-ethyl adjacent to an activating group) is 1. The number of benzene rings is 2. The van der Waals surface area contributed by atoms with Crippen molar-refractivity contribution in [2.24, 2.45) is 0 Å². The Morgan fingerprint density at radius 1 is 1.27 bits per heavy atom. The summed E-state index contributed by atoms with van der Waals surface area (Å²) < 4.78 is 84.8. The number of anilines is 2. The summed E-state index contributed by atoms with van der Waals surface area (Å²) in [6, 6.07) is 3.81. The van der Waals surface area contributed by atoms with Crippen molar-refractivity contribution in [3.63, 3.8) is 0 Å². The molecule has 5 rings (SSSR count). The third kappa shape index (κ3) is 4.82. The van der Waals surface area contributed by atoms with Crippen molar-refractivity contribution in [1.29, 1.82) is 5.26 Å². The third-order valence-electron chi connectivity index (χ3n) is 7.01. The Morgan fingerprint density at radius 3 is 2.68 bits per heavy atom. The number of hydrogen-bond acceptors (Lipinski definition) is 10. The van der Waals surface area contributed by atoms with Crippen molar-refractivity contribution in [1.82, 2.24) is 14.9 Å². The van der Waals surface area contributed by atoms with Crippen LogP contribution in [0.25, 0.3) is 32.1 Å². The molecule has 0 saturated carbocycles. The normalized spacial score (nSPS) is 16.2. The Balaban J connectivity index is 1.81. The monoisotopic (exact) mass is 592 g/mol. The molecule has 15 heteroatoms. The first-order chi connectivity index (χ1) is 19.5. The fraction of sp³-hybridized carbons (Fsp3) is 0.308. The molecular weight excluding hydrogens is 571 g/mol. The van der Waals surface area contributed by atoms with Crippen molar-refractivity contribution < 1.29 is 36.2 Å². The Kier molecular flexibility index (Phi) is 7.30. The predicted molar refractivity (Wildman–Crippen MR) is 142 cm³/mol. The van der Waals surface area contributed by atoms with E-state index in [0.717, 1.165) is 18.2 Å². The van der Waals surface area contributed by atoms with Gasteiger partial charge in [-0.1, -0.05) is 6.07 Å². The number of thiophene rings is 1. The molecule has 1 atom stereocenters. The molecule has 1 saturated heterocycles. The molecule has 1 unspecified atom stereocenters. The van der Waals surface area contributed by atoms with Crippen molar-refractivity contribution in [3.8, 4) is 23.2 Å². The van der Waals surface area contributed by atoms with Crippen LogP contribution in [0.5, 0.6) is 6.01 Å². The zero-order chi connectivity index (χ0) is 29.6. The maximum absolute atomic E-state index is 16.4. The number of nitrogens with zero attached hydrogens (tertiary/aromatic N) is 5. The van der Waals surface area contributed by atoms with Crippen molar-refractivity contribution in [2.45, 2.75) is 12.2 Å². The maximum Gasteiger partial charge on any atom is 0.417 e. The van der Waals surface area contributed by atoms with Gasteiger partial charge >= 0.3 is 12.2 Å². The van der Waals surface area contributed by atoms with Crippen LogP contribution in [0.2, 0.25) is 0 Å². The quantitative estimate of drug-likeness (QED) is 0.254. The van der Waals surface area contributed by atoms with E-state index in [-0.39, 0.29) is 62.6 Å². The van der Waals surface area contributed by atoms with E-state index in [9.17, 15) is 27.6 Å². The van der Waals surface area contributed by atoms with Crippen LogP contribution in [0, 0.1) is 23.0 Å². The smallest absolute Gasteiger partial charge is 0.417 e. The molecule has 1 aliphatic heterocycles. The standard InChI is InChI=1S/C26H21F5N6O3S/c1-36-5-6-37(9-12(36)10-40-11-38)24-14-7-16(26(29,30)31)19(20(28)21(14)34-25(35-24)39-2)13-3-4-17(27)22-18(13)15(8-32)23(33)41-22/h3-4,7,11-12H,5-6,9-10,33H2,1-2H3. The van der Waals surface area contributed by atoms with Gasteiger partial charge < -0.3 is 20.1 Å². The second kappa shape index (κ2) is 10.6. The van der Waals surface area contributed by atoms with E-state index in [2.05, 4.69) is 9.97 Å². The lowest BCUT2D eigenvalue weighted by Crippen LogP contribution is -2.53. The van der Waals surface area contributed by atoms with E-state index in [1.807, 2.05) is 4.90 Å². The first-order valence-corrected chi connectivity index (χ1v) is 12.9. The summed E-state index contributed by atoms with van der Waals surface area (Å²) in [4.78, 5) is 22.6. The molecule has 41 heavy (non-hydrogen) atoms. The van der Waals surface area contributed by atoms with Crippen molar-refractivity contribution in [3.05, 3.63) is 41.0 Å². The zero-order valence-electron chi connectivity index (χ0n) is 21.6. The molecule has 1 aliphatic rings. The molecule has 2 aromatic carbocycles. The van der Waals surface area contributed by atoms with Gasteiger partial charge in [0.1, 0.15) is 34.8 Å². The number of rotatable bonds is 6. The summed E-state index contributed by atoms with van der Waals surface area (Å²) >= 11 is 0.683. The molecule has 0 radical (unpaired) electrons.